The van der Waals surface area contributed by atoms with E-state index in [9.17, 15) is 10.4 Å². The van der Waals surface area contributed by atoms with E-state index in [-0.39, 0.29) is 12.6 Å². The standard InChI is InChI=1S/C30H32N2O3/c1-4-23(5-2)32-29-19-21(7-6-18-33)8-17-27(29)28(20-31)30(32)22-9-11-25(12-10-22)35-26-15-13-24(34-3)14-16-26/h8-17,19,23,33H,4-7,18H2,1-3H3. The third-order valence-corrected chi connectivity index (χ3v) is 6.53. The van der Waals surface area contributed by atoms with Crippen molar-refractivity contribution in [2.75, 3.05) is 13.7 Å². The highest BCUT2D eigenvalue weighted by molar-refractivity contribution is 5.95. The first-order chi connectivity index (χ1) is 17.1. The first-order valence-corrected chi connectivity index (χ1v) is 12.2. The molecule has 0 spiro atoms. The normalized spacial score (nSPS) is 11.1. The average Bonchev–Trinajstić information content (AvgIpc) is 3.22. The van der Waals surface area contributed by atoms with E-state index in [2.05, 4.69) is 42.7 Å². The summed E-state index contributed by atoms with van der Waals surface area (Å²) in [7, 11) is 1.64. The molecule has 5 nitrogen and oxygen atoms in total. The van der Waals surface area contributed by atoms with Crippen molar-refractivity contribution in [3.05, 3.63) is 77.9 Å². The van der Waals surface area contributed by atoms with Gasteiger partial charge in [0.25, 0.3) is 0 Å². The fourth-order valence-corrected chi connectivity index (χ4v) is 4.69. The molecule has 180 valence electrons. The second-order valence-corrected chi connectivity index (χ2v) is 8.66. The predicted octanol–water partition coefficient (Wildman–Crippen LogP) is 7.27. The summed E-state index contributed by atoms with van der Waals surface area (Å²) in [5, 5.41) is 20.4. The topological polar surface area (TPSA) is 67.4 Å². The Kier molecular flexibility index (Phi) is 7.74. The van der Waals surface area contributed by atoms with Crippen LogP contribution in [0.4, 0.5) is 0 Å². The Morgan fingerprint density at radius 2 is 1.54 bits per heavy atom. The van der Waals surface area contributed by atoms with Gasteiger partial charge in [-0.25, -0.2) is 0 Å². The molecule has 0 radical (unpaired) electrons. The van der Waals surface area contributed by atoms with Gasteiger partial charge >= 0.3 is 0 Å². The van der Waals surface area contributed by atoms with Crippen LogP contribution in [-0.4, -0.2) is 23.4 Å². The summed E-state index contributed by atoms with van der Waals surface area (Å²) >= 11 is 0. The van der Waals surface area contributed by atoms with E-state index in [1.165, 1.54) is 5.56 Å². The number of hydrogen-bond donors (Lipinski definition) is 1. The van der Waals surface area contributed by atoms with Crippen LogP contribution in [0.15, 0.2) is 66.7 Å². The van der Waals surface area contributed by atoms with Crippen LogP contribution < -0.4 is 9.47 Å². The molecule has 0 aliphatic rings. The van der Waals surface area contributed by atoms with Crippen molar-refractivity contribution in [3.63, 3.8) is 0 Å². The number of rotatable bonds is 10. The molecule has 3 aromatic carbocycles. The number of aliphatic hydroxyl groups excluding tert-OH is 1. The first kappa shape index (κ1) is 24.4. The van der Waals surface area contributed by atoms with Crippen molar-refractivity contribution in [1.82, 2.24) is 4.57 Å². The van der Waals surface area contributed by atoms with Gasteiger partial charge in [-0.2, -0.15) is 5.26 Å². The Bertz CT molecular complexity index is 1310. The third-order valence-electron chi connectivity index (χ3n) is 6.53. The lowest BCUT2D eigenvalue weighted by Crippen LogP contribution is -2.09. The van der Waals surface area contributed by atoms with Gasteiger partial charge in [0.05, 0.1) is 23.9 Å². The Morgan fingerprint density at radius 3 is 2.11 bits per heavy atom. The zero-order valence-corrected chi connectivity index (χ0v) is 20.6. The van der Waals surface area contributed by atoms with E-state index in [0.717, 1.165) is 65.1 Å². The maximum Gasteiger partial charge on any atom is 0.127 e. The van der Waals surface area contributed by atoms with Crippen molar-refractivity contribution in [2.45, 2.75) is 45.6 Å². The maximum atomic E-state index is 10.2. The molecule has 0 bridgehead atoms. The zero-order chi connectivity index (χ0) is 24.8. The lowest BCUT2D eigenvalue weighted by atomic mass is 10.0. The van der Waals surface area contributed by atoms with Gasteiger partial charge in [0.15, 0.2) is 0 Å². The van der Waals surface area contributed by atoms with Crippen LogP contribution in [0.5, 0.6) is 17.2 Å². The molecule has 0 aliphatic carbocycles. The summed E-state index contributed by atoms with van der Waals surface area (Å²) in [4.78, 5) is 0. The number of aromatic nitrogens is 1. The van der Waals surface area contributed by atoms with Crippen molar-refractivity contribution < 1.29 is 14.6 Å². The second-order valence-electron chi connectivity index (χ2n) is 8.66. The SMILES string of the molecule is CCC(CC)n1c(-c2ccc(Oc3ccc(OC)cc3)cc2)c(C#N)c2ccc(CCCO)cc21. The number of ether oxygens (including phenoxy) is 2. The molecule has 4 aromatic rings. The molecule has 4 rings (SSSR count). The number of methoxy groups -OCH3 is 1. The molecular weight excluding hydrogens is 436 g/mol. The third kappa shape index (κ3) is 5.03. The van der Waals surface area contributed by atoms with E-state index in [0.29, 0.717) is 5.56 Å². The van der Waals surface area contributed by atoms with Crippen molar-refractivity contribution in [1.29, 1.82) is 5.26 Å². The molecule has 35 heavy (non-hydrogen) atoms. The van der Waals surface area contributed by atoms with Gasteiger partial charge in [-0.15, -0.1) is 0 Å². The highest BCUT2D eigenvalue weighted by Gasteiger charge is 2.23. The Morgan fingerprint density at radius 1 is 0.914 bits per heavy atom. The van der Waals surface area contributed by atoms with Crippen LogP contribution in [0.1, 0.15) is 50.3 Å². The summed E-state index contributed by atoms with van der Waals surface area (Å²) in [5.41, 5.74) is 4.90. The lowest BCUT2D eigenvalue weighted by Gasteiger charge is -2.21. The fraction of sp³-hybridized carbons (Fsp3) is 0.300. The van der Waals surface area contributed by atoms with Crippen molar-refractivity contribution in [3.8, 4) is 34.6 Å². The van der Waals surface area contributed by atoms with Crippen LogP contribution in [-0.2, 0) is 6.42 Å². The Labute approximate surface area is 207 Å². The van der Waals surface area contributed by atoms with Crippen LogP contribution in [0.2, 0.25) is 0 Å². The molecule has 5 heteroatoms. The molecule has 1 aromatic heterocycles. The van der Waals surface area contributed by atoms with Gasteiger partial charge in [-0.3, -0.25) is 0 Å². The summed E-state index contributed by atoms with van der Waals surface area (Å²) in [6.07, 6.45) is 3.48. The van der Waals surface area contributed by atoms with E-state index < -0.39 is 0 Å². The van der Waals surface area contributed by atoms with E-state index in [4.69, 9.17) is 9.47 Å². The summed E-state index contributed by atoms with van der Waals surface area (Å²) < 4.78 is 13.6. The van der Waals surface area contributed by atoms with Gasteiger partial charge in [0, 0.05) is 18.0 Å². The molecule has 0 amide bonds. The minimum Gasteiger partial charge on any atom is -0.497 e. The first-order valence-electron chi connectivity index (χ1n) is 12.2. The van der Waals surface area contributed by atoms with Crippen LogP contribution in [0, 0.1) is 11.3 Å². The zero-order valence-electron chi connectivity index (χ0n) is 20.6. The number of aliphatic hydroxyl groups is 1. The highest BCUT2D eigenvalue weighted by Crippen LogP contribution is 2.39. The van der Waals surface area contributed by atoms with Crippen molar-refractivity contribution in [2.24, 2.45) is 0 Å². The van der Waals surface area contributed by atoms with Crippen LogP contribution in [0.25, 0.3) is 22.2 Å². The number of fused-ring (bicyclic) bond motifs is 1. The molecule has 0 fully saturated rings. The molecule has 1 heterocycles. The molecule has 0 saturated carbocycles. The predicted molar refractivity (Wildman–Crippen MR) is 140 cm³/mol. The number of hydrogen-bond acceptors (Lipinski definition) is 4. The minimum atomic E-state index is 0.172. The van der Waals surface area contributed by atoms with E-state index in [1.807, 2.05) is 48.5 Å². The van der Waals surface area contributed by atoms with Gasteiger partial charge in [0.1, 0.15) is 23.3 Å². The van der Waals surface area contributed by atoms with Gasteiger partial charge < -0.3 is 19.1 Å². The summed E-state index contributed by atoms with van der Waals surface area (Å²) in [6.45, 7) is 4.56. The minimum absolute atomic E-state index is 0.172. The lowest BCUT2D eigenvalue weighted by molar-refractivity contribution is 0.288. The quantitative estimate of drug-likeness (QED) is 0.266. The number of nitriles is 1. The molecule has 0 aliphatic heterocycles. The smallest absolute Gasteiger partial charge is 0.127 e. The van der Waals surface area contributed by atoms with Crippen molar-refractivity contribution >= 4 is 10.9 Å². The Hall–Kier alpha value is -3.75. The number of aryl methyl sites for hydroxylation is 1. The van der Waals surface area contributed by atoms with Gasteiger partial charge in [-0.05, 0) is 91.4 Å². The van der Waals surface area contributed by atoms with E-state index >= 15 is 0 Å². The highest BCUT2D eigenvalue weighted by atomic mass is 16.5. The largest absolute Gasteiger partial charge is 0.497 e. The van der Waals surface area contributed by atoms with Gasteiger partial charge in [0.2, 0.25) is 0 Å². The molecule has 0 unspecified atom stereocenters. The molecule has 0 atom stereocenters. The Balaban J connectivity index is 1.77. The monoisotopic (exact) mass is 468 g/mol. The number of benzene rings is 3. The average molecular weight is 469 g/mol. The van der Waals surface area contributed by atoms with Crippen LogP contribution >= 0.6 is 0 Å². The summed E-state index contributed by atoms with van der Waals surface area (Å²) in [6, 6.07) is 24.5. The maximum absolute atomic E-state index is 10.2. The molecular formula is C30H32N2O3. The van der Waals surface area contributed by atoms with E-state index in [1.54, 1.807) is 7.11 Å². The summed E-state index contributed by atoms with van der Waals surface area (Å²) in [5.74, 6) is 2.25. The van der Waals surface area contributed by atoms with Gasteiger partial charge in [-0.1, -0.05) is 26.0 Å². The second kappa shape index (κ2) is 11.1. The molecule has 1 N–H and O–H groups in total. The molecule has 0 saturated heterocycles. The fourth-order valence-electron chi connectivity index (χ4n) is 4.69. The number of nitrogens with zero attached hydrogens (tertiary/aromatic N) is 2. The van der Waals surface area contributed by atoms with Crippen LogP contribution in [0.3, 0.4) is 0 Å².